The molecule has 1 heterocycles. The van der Waals surface area contributed by atoms with E-state index in [1.165, 1.54) is 0 Å². The second-order valence-electron chi connectivity index (χ2n) is 3.77. The summed E-state index contributed by atoms with van der Waals surface area (Å²) >= 11 is 5.90. The van der Waals surface area contributed by atoms with Crippen LogP contribution in [0, 0.1) is 0 Å². The lowest BCUT2D eigenvalue weighted by Crippen LogP contribution is -2.11. The summed E-state index contributed by atoms with van der Waals surface area (Å²) in [6.07, 6.45) is 1.72. The number of rotatable bonds is 3. The van der Waals surface area contributed by atoms with Crippen molar-refractivity contribution >= 4 is 29.1 Å². The maximum absolute atomic E-state index is 5.90. The third-order valence-electron chi connectivity index (χ3n) is 2.18. The van der Waals surface area contributed by atoms with Crippen LogP contribution in [-0.2, 0) is 0 Å². The van der Waals surface area contributed by atoms with Crippen molar-refractivity contribution in [3.05, 3.63) is 41.6 Å². The molecule has 0 saturated heterocycles. The van der Waals surface area contributed by atoms with E-state index in [2.05, 4.69) is 15.3 Å². The predicted molar refractivity (Wildman–Crippen MR) is 71.1 cm³/mol. The normalized spacial score (nSPS) is 10.1. The molecule has 5 heteroatoms. The highest BCUT2D eigenvalue weighted by Gasteiger charge is 2.01. The Hall–Kier alpha value is -1.81. The zero-order valence-electron chi connectivity index (χ0n) is 9.68. The van der Waals surface area contributed by atoms with Gasteiger partial charge in [0.25, 0.3) is 0 Å². The lowest BCUT2D eigenvalue weighted by molar-refractivity contribution is 1.04. The summed E-state index contributed by atoms with van der Waals surface area (Å²) in [4.78, 5) is 10.4. The molecule has 0 saturated carbocycles. The van der Waals surface area contributed by atoms with Crippen LogP contribution in [-0.4, -0.2) is 24.1 Å². The van der Waals surface area contributed by atoms with E-state index in [4.69, 9.17) is 11.6 Å². The number of benzene rings is 1. The van der Waals surface area contributed by atoms with Crippen LogP contribution < -0.4 is 10.2 Å². The predicted octanol–water partition coefficient (Wildman–Crippen LogP) is 2.94. The van der Waals surface area contributed by atoms with E-state index in [1.807, 2.05) is 49.3 Å². The summed E-state index contributed by atoms with van der Waals surface area (Å²) in [5, 5.41) is 3.79. The molecule has 2 aromatic rings. The lowest BCUT2D eigenvalue weighted by atomic mass is 10.3. The van der Waals surface area contributed by atoms with Crippen LogP contribution in [0.1, 0.15) is 0 Å². The Kier molecular flexibility index (Phi) is 3.44. The molecule has 0 atom stereocenters. The van der Waals surface area contributed by atoms with Gasteiger partial charge in [0.2, 0.25) is 5.95 Å². The monoisotopic (exact) mass is 248 g/mol. The minimum atomic E-state index is 0.554. The molecule has 17 heavy (non-hydrogen) atoms. The molecule has 2 rings (SSSR count). The summed E-state index contributed by atoms with van der Waals surface area (Å²) in [6.45, 7) is 0. The first-order chi connectivity index (χ1) is 8.15. The molecule has 1 aromatic heterocycles. The van der Waals surface area contributed by atoms with Gasteiger partial charge in [-0.15, -0.1) is 0 Å². The van der Waals surface area contributed by atoms with Crippen molar-refractivity contribution in [1.82, 2.24) is 9.97 Å². The summed E-state index contributed by atoms with van der Waals surface area (Å²) in [7, 11) is 3.87. The first-order valence-electron chi connectivity index (χ1n) is 5.18. The Labute approximate surface area is 105 Å². The number of nitrogens with zero attached hydrogens (tertiary/aromatic N) is 3. The summed E-state index contributed by atoms with van der Waals surface area (Å²) in [5.41, 5.74) is 0.869. The number of aromatic nitrogens is 2. The molecule has 0 bridgehead atoms. The van der Waals surface area contributed by atoms with Crippen molar-refractivity contribution < 1.29 is 0 Å². The van der Waals surface area contributed by atoms with Gasteiger partial charge >= 0.3 is 0 Å². The molecule has 1 N–H and O–H groups in total. The van der Waals surface area contributed by atoms with Crippen LogP contribution in [0.5, 0.6) is 0 Å². The molecule has 0 unspecified atom stereocenters. The van der Waals surface area contributed by atoms with Gasteiger partial charge in [-0.05, 0) is 24.3 Å². The number of anilines is 3. The molecule has 0 aliphatic heterocycles. The van der Waals surface area contributed by atoms with E-state index in [1.54, 1.807) is 6.20 Å². The highest BCUT2D eigenvalue weighted by Crippen LogP contribution is 2.18. The van der Waals surface area contributed by atoms with Crippen molar-refractivity contribution in [3.8, 4) is 0 Å². The number of hydrogen-bond acceptors (Lipinski definition) is 4. The van der Waals surface area contributed by atoms with Gasteiger partial charge in [-0.3, -0.25) is 0 Å². The van der Waals surface area contributed by atoms with E-state index in [9.17, 15) is 0 Å². The first-order valence-corrected chi connectivity index (χ1v) is 5.56. The van der Waals surface area contributed by atoms with Crippen LogP contribution >= 0.6 is 11.6 Å². The largest absolute Gasteiger partial charge is 0.363 e. The zero-order chi connectivity index (χ0) is 12.3. The average molecular weight is 249 g/mol. The fourth-order valence-electron chi connectivity index (χ4n) is 1.35. The van der Waals surface area contributed by atoms with E-state index in [0.717, 1.165) is 11.5 Å². The highest BCUT2D eigenvalue weighted by atomic mass is 35.5. The molecule has 88 valence electrons. The molecule has 0 fully saturated rings. The summed E-state index contributed by atoms with van der Waals surface area (Å²) in [5.74, 6) is 1.41. The third-order valence-corrected chi connectivity index (χ3v) is 2.41. The van der Waals surface area contributed by atoms with Crippen molar-refractivity contribution in [2.45, 2.75) is 0 Å². The molecule has 4 nitrogen and oxygen atoms in total. The van der Waals surface area contributed by atoms with E-state index < -0.39 is 0 Å². The van der Waals surface area contributed by atoms with Gasteiger partial charge in [-0.25, -0.2) is 4.98 Å². The van der Waals surface area contributed by atoms with Crippen molar-refractivity contribution in [2.75, 3.05) is 24.3 Å². The van der Waals surface area contributed by atoms with Crippen molar-refractivity contribution in [3.63, 3.8) is 0 Å². The lowest BCUT2D eigenvalue weighted by Gasteiger charge is -2.12. The zero-order valence-corrected chi connectivity index (χ0v) is 10.4. The Morgan fingerprint density at radius 3 is 2.76 bits per heavy atom. The standard InChI is InChI=1S/C12H13ClN4/c1-17(2)11-6-7-14-12(16-11)15-10-5-3-4-9(13)8-10/h3-8H,1-2H3,(H,14,15,16). The second kappa shape index (κ2) is 5.01. The van der Waals surface area contributed by atoms with Crippen LogP contribution in [0.2, 0.25) is 5.02 Å². The van der Waals surface area contributed by atoms with E-state index in [-0.39, 0.29) is 0 Å². The fourth-order valence-corrected chi connectivity index (χ4v) is 1.54. The summed E-state index contributed by atoms with van der Waals surface area (Å²) in [6, 6.07) is 9.29. The van der Waals surface area contributed by atoms with Crippen molar-refractivity contribution in [2.24, 2.45) is 0 Å². The van der Waals surface area contributed by atoms with Gasteiger partial charge in [-0.2, -0.15) is 4.98 Å². The number of halogens is 1. The highest BCUT2D eigenvalue weighted by molar-refractivity contribution is 6.30. The van der Waals surface area contributed by atoms with E-state index >= 15 is 0 Å². The Morgan fingerprint density at radius 1 is 1.24 bits per heavy atom. The summed E-state index contributed by atoms with van der Waals surface area (Å²) < 4.78 is 0. The van der Waals surface area contributed by atoms with Crippen LogP contribution in [0.15, 0.2) is 36.5 Å². The Balaban J connectivity index is 2.21. The van der Waals surface area contributed by atoms with Crippen molar-refractivity contribution in [1.29, 1.82) is 0 Å². The molecule has 0 aliphatic carbocycles. The maximum atomic E-state index is 5.90. The smallest absolute Gasteiger partial charge is 0.229 e. The molecule has 0 aliphatic rings. The topological polar surface area (TPSA) is 41.1 Å². The van der Waals surface area contributed by atoms with Crippen LogP contribution in [0.3, 0.4) is 0 Å². The minimum Gasteiger partial charge on any atom is -0.363 e. The molecule has 0 amide bonds. The SMILES string of the molecule is CN(C)c1ccnc(Nc2cccc(Cl)c2)n1. The Bertz CT molecular complexity index is 513. The molecular formula is C12H13ClN4. The second-order valence-corrected chi connectivity index (χ2v) is 4.20. The molecule has 0 radical (unpaired) electrons. The number of nitrogens with one attached hydrogen (secondary N) is 1. The van der Waals surface area contributed by atoms with Gasteiger partial charge < -0.3 is 10.2 Å². The molecule has 1 aromatic carbocycles. The van der Waals surface area contributed by atoms with Gasteiger partial charge in [-0.1, -0.05) is 17.7 Å². The molecule has 0 spiro atoms. The fraction of sp³-hybridized carbons (Fsp3) is 0.167. The van der Waals surface area contributed by atoms with Gasteiger partial charge in [0.05, 0.1) is 0 Å². The minimum absolute atomic E-state index is 0.554. The third kappa shape index (κ3) is 3.07. The van der Waals surface area contributed by atoms with E-state index in [0.29, 0.717) is 11.0 Å². The quantitative estimate of drug-likeness (QED) is 0.907. The van der Waals surface area contributed by atoms with Gasteiger partial charge in [0.15, 0.2) is 0 Å². The molecular weight excluding hydrogens is 236 g/mol. The number of hydrogen-bond donors (Lipinski definition) is 1. The van der Waals surface area contributed by atoms with Crippen LogP contribution in [0.25, 0.3) is 0 Å². The first kappa shape index (κ1) is 11.7. The maximum Gasteiger partial charge on any atom is 0.229 e. The van der Waals surface area contributed by atoms with Crippen LogP contribution in [0.4, 0.5) is 17.5 Å². The van der Waals surface area contributed by atoms with Gasteiger partial charge in [0, 0.05) is 31.0 Å². The van der Waals surface area contributed by atoms with Gasteiger partial charge in [0.1, 0.15) is 5.82 Å². The Morgan fingerprint density at radius 2 is 2.06 bits per heavy atom. The average Bonchev–Trinajstić information content (AvgIpc) is 2.29.